The summed E-state index contributed by atoms with van der Waals surface area (Å²) in [6, 6.07) is 7.98. The lowest BCUT2D eigenvalue weighted by Crippen LogP contribution is -2.17. The number of benzene rings is 1. The van der Waals surface area contributed by atoms with Gasteiger partial charge in [0.2, 0.25) is 0 Å². The smallest absolute Gasteiger partial charge is 0.265 e. The van der Waals surface area contributed by atoms with E-state index in [1.165, 1.54) is 5.57 Å². The zero-order valence-corrected chi connectivity index (χ0v) is 13.8. The zero-order chi connectivity index (χ0) is 16.5. The molecule has 0 spiro atoms. The molecule has 4 rings (SSSR count). The van der Waals surface area contributed by atoms with Gasteiger partial charge < -0.3 is 4.98 Å². The predicted molar refractivity (Wildman–Crippen MR) is 96.9 cm³/mol. The molecule has 0 saturated heterocycles. The number of hydrazone groups is 1. The topological polar surface area (TPSA) is 78.8 Å². The van der Waals surface area contributed by atoms with E-state index < -0.39 is 0 Å². The Labute approximate surface area is 140 Å². The van der Waals surface area contributed by atoms with E-state index in [1.54, 1.807) is 0 Å². The van der Waals surface area contributed by atoms with Crippen LogP contribution in [-0.2, 0) is 0 Å². The average molecular weight is 320 g/mol. The second-order valence-electron chi connectivity index (χ2n) is 6.52. The molecular weight excluding hydrogens is 300 g/mol. The van der Waals surface area contributed by atoms with Gasteiger partial charge >= 0.3 is 0 Å². The maximum absolute atomic E-state index is 4.46. The van der Waals surface area contributed by atoms with Crippen LogP contribution in [0.3, 0.4) is 0 Å². The minimum atomic E-state index is 0.403. The molecule has 1 aromatic carbocycles. The quantitative estimate of drug-likeness (QED) is 0.436. The third-order valence-electron chi connectivity index (χ3n) is 4.67. The molecule has 0 saturated carbocycles. The molecule has 0 amide bonds. The van der Waals surface area contributed by atoms with Crippen molar-refractivity contribution >= 4 is 34.2 Å². The van der Waals surface area contributed by atoms with Crippen LogP contribution in [0.15, 0.2) is 41.0 Å². The van der Waals surface area contributed by atoms with Crippen LogP contribution in [0, 0.1) is 11.8 Å². The van der Waals surface area contributed by atoms with Gasteiger partial charge in [-0.15, -0.1) is 10.2 Å². The van der Waals surface area contributed by atoms with Gasteiger partial charge in [-0.05, 0) is 31.7 Å². The summed E-state index contributed by atoms with van der Waals surface area (Å²) in [7, 11) is 0. The summed E-state index contributed by atoms with van der Waals surface area (Å²) in [4.78, 5) is 7.72. The van der Waals surface area contributed by atoms with Gasteiger partial charge in [-0.1, -0.05) is 36.8 Å². The van der Waals surface area contributed by atoms with Gasteiger partial charge in [-0.2, -0.15) is 10.1 Å². The highest BCUT2D eigenvalue weighted by molar-refractivity contribution is 6.03. The number of rotatable bonds is 3. The van der Waals surface area contributed by atoms with Crippen LogP contribution in [0.25, 0.3) is 22.1 Å². The standard InChI is InChI=1S/C18H20N6/c1-11-7-8-13(12(2)9-11)10-19-23-18-21-17-16(22-24-18)14-5-3-4-6-15(14)20-17/h3-7,10,12-13H,8-9H2,1-2H3,(H2,20,21,23,24)/b19-10-/t12-,13-/m1/s1. The Morgan fingerprint density at radius 1 is 1.29 bits per heavy atom. The summed E-state index contributed by atoms with van der Waals surface area (Å²) in [5.41, 5.74) is 6.88. The molecule has 0 radical (unpaired) electrons. The molecule has 1 aliphatic carbocycles. The maximum atomic E-state index is 4.46. The summed E-state index contributed by atoms with van der Waals surface area (Å²) < 4.78 is 0. The Morgan fingerprint density at radius 3 is 3.04 bits per heavy atom. The van der Waals surface area contributed by atoms with E-state index in [9.17, 15) is 0 Å². The molecule has 6 nitrogen and oxygen atoms in total. The molecule has 24 heavy (non-hydrogen) atoms. The second-order valence-corrected chi connectivity index (χ2v) is 6.52. The minimum absolute atomic E-state index is 0.403. The first-order valence-corrected chi connectivity index (χ1v) is 8.26. The highest BCUT2D eigenvalue weighted by atomic mass is 15.4. The third kappa shape index (κ3) is 2.75. The lowest BCUT2D eigenvalue weighted by atomic mass is 9.82. The number of nitrogens with one attached hydrogen (secondary N) is 2. The number of aromatic amines is 1. The monoisotopic (exact) mass is 320 g/mol. The number of H-pyrrole nitrogens is 1. The van der Waals surface area contributed by atoms with Crippen LogP contribution >= 0.6 is 0 Å². The molecule has 2 atom stereocenters. The Kier molecular flexibility index (Phi) is 3.72. The lowest BCUT2D eigenvalue weighted by molar-refractivity contribution is 0.438. The van der Waals surface area contributed by atoms with Gasteiger partial charge in [0.1, 0.15) is 5.52 Å². The molecule has 1 aliphatic rings. The Balaban J connectivity index is 1.52. The van der Waals surface area contributed by atoms with E-state index in [0.29, 0.717) is 23.4 Å². The highest BCUT2D eigenvalue weighted by Gasteiger charge is 2.18. The van der Waals surface area contributed by atoms with Gasteiger partial charge in [0, 0.05) is 23.0 Å². The van der Waals surface area contributed by atoms with Crippen LogP contribution in [0.1, 0.15) is 26.7 Å². The van der Waals surface area contributed by atoms with Gasteiger partial charge in [0.05, 0.1) is 0 Å². The van der Waals surface area contributed by atoms with Crippen molar-refractivity contribution in [2.75, 3.05) is 5.43 Å². The fraction of sp³-hybridized carbons (Fsp3) is 0.333. The summed E-state index contributed by atoms with van der Waals surface area (Å²) in [5.74, 6) is 1.46. The van der Waals surface area contributed by atoms with Crippen molar-refractivity contribution in [1.82, 2.24) is 20.2 Å². The van der Waals surface area contributed by atoms with Crippen LogP contribution in [0.5, 0.6) is 0 Å². The van der Waals surface area contributed by atoms with Gasteiger partial charge in [0.15, 0.2) is 5.65 Å². The van der Waals surface area contributed by atoms with Gasteiger partial charge in [0.25, 0.3) is 5.95 Å². The third-order valence-corrected chi connectivity index (χ3v) is 4.67. The van der Waals surface area contributed by atoms with Crippen molar-refractivity contribution in [2.24, 2.45) is 16.9 Å². The molecule has 0 unspecified atom stereocenters. The molecule has 0 aliphatic heterocycles. The van der Waals surface area contributed by atoms with Crippen molar-refractivity contribution in [1.29, 1.82) is 0 Å². The molecule has 2 N–H and O–H groups in total. The van der Waals surface area contributed by atoms with Crippen molar-refractivity contribution < 1.29 is 0 Å². The zero-order valence-electron chi connectivity index (χ0n) is 13.8. The van der Waals surface area contributed by atoms with Crippen molar-refractivity contribution in [3.8, 4) is 0 Å². The van der Waals surface area contributed by atoms with Crippen LogP contribution in [0.2, 0.25) is 0 Å². The number of para-hydroxylation sites is 1. The van der Waals surface area contributed by atoms with E-state index in [0.717, 1.165) is 29.3 Å². The molecule has 0 bridgehead atoms. The van der Waals surface area contributed by atoms with E-state index >= 15 is 0 Å². The Morgan fingerprint density at radius 2 is 2.17 bits per heavy atom. The molecular formula is C18H20N6. The van der Waals surface area contributed by atoms with Crippen molar-refractivity contribution in [3.05, 3.63) is 35.9 Å². The molecule has 6 heteroatoms. The van der Waals surface area contributed by atoms with Gasteiger partial charge in [-0.3, -0.25) is 0 Å². The highest BCUT2D eigenvalue weighted by Crippen LogP contribution is 2.27. The van der Waals surface area contributed by atoms with Gasteiger partial charge in [-0.25, -0.2) is 5.43 Å². The molecule has 0 fully saturated rings. The predicted octanol–water partition coefficient (Wildman–Crippen LogP) is 3.90. The van der Waals surface area contributed by atoms with E-state index in [2.05, 4.69) is 50.6 Å². The number of fused-ring (bicyclic) bond motifs is 3. The molecule has 3 aromatic rings. The number of nitrogens with zero attached hydrogens (tertiary/aromatic N) is 4. The largest absolute Gasteiger partial charge is 0.338 e. The molecule has 122 valence electrons. The molecule has 2 heterocycles. The van der Waals surface area contributed by atoms with Crippen molar-refractivity contribution in [3.63, 3.8) is 0 Å². The number of anilines is 1. The van der Waals surface area contributed by atoms with Crippen LogP contribution in [0.4, 0.5) is 5.95 Å². The van der Waals surface area contributed by atoms with Crippen molar-refractivity contribution in [2.45, 2.75) is 26.7 Å². The van der Waals surface area contributed by atoms with E-state index in [4.69, 9.17) is 0 Å². The maximum Gasteiger partial charge on any atom is 0.265 e. The average Bonchev–Trinajstić information content (AvgIpc) is 2.94. The van der Waals surface area contributed by atoms with E-state index in [-0.39, 0.29) is 0 Å². The first kappa shape index (κ1) is 14.8. The number of hydrogen-bond donors (Lipinski definition) is 2. The normalized spacial score (nSPS) is 21.5. The summed E-state index contributed by atoms with van der Waals surface area (Å²) in [5, 5.41) is 13.7. The second kappa shape index (κ2) is 6.03. The number of allylic oxidation sites excluding steroid dienone is 2. The number of aromatic nitrogens is 4. The van der Waals surface area contributed by atoms with Crippen LogP contribution in [-0.4, -0.2) is 26.4 Å². The minimum Gasteiger partial charge on any atom is -0.338 e. The lowest BCUT2D eigenvalue weighted by Gasteiger charge is -2.24. The summed E-state index contributed by atoms with van der Waals surface area (Å²) in [6.45, 7) is 4.46. The molecule has 2 aromatic heterocycles. The van der Waals surface area contributed by atoms with Crippen LogP contribution < -0.4 is 5.43 Å². The van der Waals surface area contributed by atoms with E-state index in [1.807, 2.05) is 30.5 Å². The Bertz CT molecular complexity index is 939. The summed E-state index contributed by atoms with van der Waals surface area (Å²) in [6.07, 6.45) is 6.44. The fourth-order valence-corrected chi connectivity index (χ4v) is 3.28. The fourth-order valence-electron chi connectivity index (χ4n) is 3.28. The first-order chi connectivity index (χ1) is 11.7. The first-order valence-electron chi connectivity index (χ1n) is 8.26. The SMILES string of the molecule is CC1=CC[C@H](/C=N\Nc2nnc3c(n2)[nH]c2ccccc23)[C@H](C)C1. The number of hydrogen-bond acceptors (Lipinski definition) is 5. The Hall–Kier alpha value is -2.76. The summed E-state index contributed by atoms with van der Waals surface area (Å²) >= 11 is 0.